The van der Waals surface area contributed by atoms with E-state index in [1.54, 1.807) is 0 Å². The zero-order valence-electron chi connectivity index (χ0n) is 16.0. The average Bonchev–Trinajstić information content (AvgIpc) is 2.83. The molecule has 0 aliphatic carbocycles. The zero-order chi connectivity index (χ0) is 19.9. The van der Waals surface area contributed by atoms with Crippen LogP contribution in [0.2, 0.25) is 0 Å². The van der Waals surface area contributed by atoms with Crippen LogP contribution in [0.3, 0.4) is 0 Å². The number of likely N-dealkylation sites (tertiary alicyclic amines) is 1. The SMILES string of the molecule is CN(CC(=O)O)C1CCCN(CCCOc2cccc(C(F)(F)F)c2)CC1.Cl. The largest absolute Gasteiger partial charge is 0.494 e. The number of benzene rings is 1. The highest BCUT2D eigenvalue weighted by atomic mass is 35.5. The van der Waals surface area contributed by atoms with E-state index in [1.807, 2.05) is 11.9 Å². The molecule has 1 atom stereocenters. The molecule has 9 heteroatoms. The quantitative estimate of drug-likeness (QED) is 0.644. The zero-order valence-corrected chi connectivity index (χ0v) is 16.8. The molecule has 1 fully saturated rings. The fraction of sp³-hybridized carbons (Fsp3) is 0.632. The Bertz CT molecular complexity index is 616. The average molecular weight is 425 g/mol. The molecule has 0 radical (unpaired) electrons. The smallest absolute Gasteiger partial charge is 0.416 e. The van der Waals surface area contributed by atoms with E-state index < -0.39 is 17.7 Å². The Hall–Kier alpha value is -1.51. The van der Waals surface area contributed by atoms with Gasteiger partial charge in [0.1, 0.15) is 5.75 Å². The highest BCUT2D eigenvalue weighted by Gasteiger charge is 2.30. The Kier molecular flexibility index (Phi) is 10.1. The van der Waals surface area contributed by atoms with E-state index in [4.69, 9.17) is 9.84 Å². The molecule has 1 aliphatic rings. The molecule has 0 saturated carbocycles. The number of rotatable bonds is 8. The molecule has 160 valence electrons. The van der Waals surface area contributed by atoms with Crippen LogP contribution >= 0.6 is 12.4 Å². The molecule has 1 aliphatic heterocycles. The van der Waals surface area contributed by atoms with Crippen LogP contribution < -0.4 is 4.74 Å². The predicted molar refractivity (Wildman–Crippen MR) is 103 cm³/mol. The molecular weight excluding hydrogens is 397 g/mol. The van der Waals surface area contributed by atoms with E-state index in [0.717, 1.165) is 57.5 Å². The van der Waals surface area contributed by atoms with Crippen LogP contribution in [-0.4, -0.2) is 66.8 Å². The van der Waals surface area contributed by atoms with Crippen molar-refractivity contribution in [3.63, 3.8) is 0 Å². The van der Waals surface area contributed by atoms with Gasteiger partial charge >= 0.3 is 12.1 Å². The monoisotopic (exact) mass is 424 g/mol. The molecule has 2 rings (SSSR count). The van der Waals surface area contributed by atoms with Crippen molar-refractivity contribution in [2.45, 2.75) is 37.9 Å². The summed E-state index contributed by atoms with van der Waals surface area (Å²) in [6, 6.07) is 5.20. The maximum absolute atomic E-state index is 12.7. The summed E-state index contributed by atoms with van der Waals surface area (Å²) in [6.45, 7) is 3.06. The maximum Gasteiger partial charge on any atom is 0.416 e. The number of aliphatic carboxylic acids is 1. The topological polar surface area (TPSA) is 53.0 Å². The van der Waals surface area contributed by atoms with Crippen LogP contribution in [-0.2, 0) is 11.0 Å². The van der Waals surface area contributed by atoms with Gasteiger partial charge in [0.2, 0.25) is 0 Å². The minimum atomic E-state index is -4.37. The minimum Gasteiger partial charge on any atom is -0.494 e. The number of halogens is 4. The van der Waals surface area contributed by atoms with Crippen LogP contribution in [0.15, 0.2) is 24.3 Å². The summed E-state index contributed by atoms with van der Waals surface area (Å²) in [5.74, 6) is -0.582. The molecule has 0 spiro atoms. The van der Waals surface area contributed by atoms with Crippen molar-refractivity contribution in [2.75, 3.05) is 39.8 Å². The van der Waals surface area contributed by atoms with E-state index in [2.05, 4.69) is 4.90 Å². The summed E-state index contributed by atoms with van der Waals surface area (Å²) >= 11 is 0. The first-order chi connectivity index (χ1) is 12.8. The van der Waals surface area contributed by atoms with Crippen molar-refractivity contribution in [3.8, 4) is 5.75 Å². The lowest BCUT2D eigenvalue weighted by atomic mass is 10.1. The van der Waals surface area contributed by atoms with E-state index >= 15 is 0 Å². The predicted octanol–water partition coefficient (Wildman–Crippen LogP) is 3.77. The summed E-state index contributed by atoms with van der Waals surface area (Å²) in [7, 11) is 1.84. The van der Waals surface area contributed by atoms with E-state index in [-0.39, 0.29) is 30.7 Å². The third-order valence-electron chi connectivity index (χ3n) is 4.85. The Morgan fingerprint density at radius 1 is 1.32 bits per heavy atom. The van der Waals surface area contributed by atoms with Crippen molar-refractivity contribution in [2.24, 2.45) is 0 Å². The number of carboxylic acid groups (broad SMARTS) is 1. The lowest BCUT2D eigenvalue weighted by Gasteiger charge is -2.25. The molecule has 28 heavy (non-hydrogen) atoms. The molecule has 0 amide bonds. The van der Waals surface area contributed by atoms with Crippen molar-refractivity contribution >= 4 is 18.4 Å². The van der Waals surface area contributed by atoms with Gasteiger partial charge in [0.15, 0.2) is 0 Å². The fourth-order valence-corrected chi connectivity index (χ4v) is 3.39. The third kappa shape index (κ3) is 8.24. The molecule has 1 saturated heterocycles. The number of hydrogen-bond donors (Lipinski definition) is 1. The number of carbonyl (C=O) groups is 1. The van der Waals surface area contributed by atoms with E-state index in [0.29, 0.717) is 6.61 Å². The highest BCUT2D eigenvalue weighted by molar-refractivity contribution is 5.85. The van der Waals surface area contributed by atoms with E-state index in [1.165, 1.54) is 12.1 Å². The Labute approximate surface area is 169 Å². The van der Waals surface area contributed by atoms with Crippen LogP contribution in [0.5, 0.6) is 5.75 Å². The van der Waals surface area contributed by atoms with Crippen LogP contribution in [0, 0.1) is 0 Å². The first-order valence-corrected chi connectivity index (χ1v) is 9.20. The van der Waals surface area contributed by atoms with Crippen molar-refractivity contribution in [1.29, 1.82) is 0 Å². The third-order valence-corrected chi connectivity index (χ3v) is 4.85. The highest BCUT2D eigenvalue weighted by Crippen LogP contribution is 2.31. The van der Waals surface area contributed by atoms with Crippen LogP contribution in [0.4, 0.5) is 13.2 Å². The Morgan fingerprint density at radius 3 is 2.75 bits per heavy atom. The van der Waals surface area contributed by atoms with Crippen molar-refractivity contribution in [3.05, 3.63) is 29.8 Å². The number of ether oxygens (including phenoxy) is 1. The molecular formula is C19H28ClF3N2O3. The van der Waals surface area contributed by atoms with Crippen LogP contribution in [0.1, 0.15) is 31.2 Å². The summed E-state index contributed by atoms with van der Waals surface area (Å²) in [5, 5.41) is 8.91. The second kappa shape index (κ2) is 11.5. The molecule has 1 heterocycles. The van der Waals surface area contributed by atoms with Crippen molar-refractivity contribution < 1.29 is 27.8 Å². The summed E-state index contributed by atoms with van der Waals surface area (Å²) in [5.41, 5.74) is -0.705. The summed E-state index contributed by atoms with van der Waals surface area (Å²) in [4.78, 5) is 15.0. The lowest BCUT2D eigenvalue weighted by molar-refractivity contribution is -0.139. The van der Waals surface area contributed by atoms with Crippen LogP contribution in [0.25, 0.3) is 0 Å². The maximum atomic E-state index is 12.7. The number of alkyl halides is 3. The van der Waals surface area contributed by atoms with Crippen molar-refractivity contribution in [1.82, 2.24) is 9.80 Å². The normalized spacial score (nSPS) is 18.4. The van der Waals surface area contributed by atoms with Gasteiger partial charge < -0.3 is 14.7 Å². The first kappa shape index (κ1) is 24.5. The number of hydrogen-bond acceptors (Lipinski definition) is 4. The molecule has 1 aromatic carbocycles. The van der Waals surface area contributed by atoms with Gasteiger partial charge in [0.25, 0.3) is 0 Å². The molecule has 1 unspecified atom stereocenters. The molecule has 1 aromatic rings. The van der Waals surface area contributed by atoms with Gasteiger partial charge in [-0.1, -0.05) is 6.07 Å². The van der Waals surface area contributed by atoms with Gasteiger partial charge in [-0.25, -0.2) is 0 Å². The van der Waals surface area contributed by atoms with Gasteiger partial charge in [0.05, 0.1) is 18.7 Å². The second-order valence-electron chi connectivity index (χ2n) is 6.96. The van der Waals surface area contributed by atoms with Gasteiger partial charge in [-0.2, -0.15) is 13.2 Å². The fourth-order valence-electron chi connectivity index (χ4n) is 3.39. The van der Waals surface area contributed by atoms with Gasteiger partial charge in [-0.3, -0.25) is 9.69 Å². The van der Waals surface area contributed by atoms with Gasteiger partial charge in [-0.15, -0.1) is 12.4 Å². The Morgan fingerprint density at radius 2 is 2.07 bits per heavy atom. The van der Waals surface area contributed by atoms with Gasteiger partial charge in [-0.05, 0) is 64.0 Å². The molecule has 5 nitrogen and oxygen atoms in total. The Balaban J connectivity index is 0.00000392. The second-order valence-corrected chi connectivity index (χ2v) is 6.96. The summed E-state index contributed by atoms with van der Waals surface area (Å²) < 4.78 is 43.6. The number of nitrogens with zero attached hydrogens (tertiary/aromatic N) is 2. The first-order valence-electron chi connectivity index (χ1n) is 9.20. The summed E-state index contributed by atoms with van der Waals surface area (Å²) in [6.07, 6.45) is -0.746. The van der Waals surface area contributed by atoms with Gasteiger partial charge in [0, 0.05) is 12.6 Å². The molecule has 0 bridgehead atoms. The molecule has 0 aromatic heterocycles. The lowest BCUT2D eigenvalue weighted by Crippen LogP contribution is -2.36. The van der Waals surface area contributed by atoms with E-state index in [9.17, 15) is 18.0 Å². The minimum absolute atomic E-state index is 0. The molecule has 1 N–H and O–H groups in total. The number of likely N-dealkylation sites (N-methyl/N-ethyl adjacent to an activating group) is 1. The number of carboxylic acids is 1. The standard InChI is InChI=1S/C19H27F3N2O3.ClH/c1-23(14-18(25)26)16-6-3-9-24(11-8-16)10-4-12-27-17-7-2-5-15(13-17)19(20,21)22;/h2,5,7,13,16H,3-4,6,8-12,14H2,1H3,(H,25,26);1H.